The number of rotatable bonds is 6. The minimum Gasteiger partial charge on any atom is -0.443 e. The number of carbonyl (C=O) groups is 4. The molecular formula is C16H10ClF2NO6S2. The van der Waals surface area contributed by atoms with E-state index in [1.165, 1.54) is 0 Å². The number of ether oxygens (including phenoxy) is 2. The Kier molecular flexibility index (Phi) is 7.17. The van der Waals surface area contributed by atoms with Crippen LogP contribution in [-0.2, 0) is 25.7 Å². The highest BCUT2D eigenvalue weighted by Crippen LogP contribution is 2.32. The standard InChI is InChI=1S/C16H10ClF2NO6S2/c1-2-3-6-16(18,19)13(22)25-8-10-12(21)20(15(24)28-10)14(23)26-7-9-4-5-11(17)27-9/h1,4-5,8H,3,6-7H2. The molecule has 1 fully saturated rings. The molecule has 0 spiro atoms. The average Bonchev–Trinajstić information content (AvgIpc) is 3.18. The topological polar surface area (TPSA) is 90.0 Å². The van der Waals surface area contributed by atoms with E-state index >= 15 is 0 Å². The van der Waals surface area contributed by atoms with Gasteiger partial charge in [-0.25, -0.2) is 9.59 Å². The summed E-state index contributed by atoms with van der Waals surface area (Å²) in [6, 6.07) is 3.17. The van der Waals surface area contributed by atoms with Crippen LogP contribution in [0.1, 0.15) is 17.7 Å². The van der Waals surface area contributed by atoms with Crippen molar-refractivity contribution in [2.24, 2.45) is 0 Å². The third kappa shape index (κ3) is 5.31. The van der Waals surface area contributed by atoms with Crippen molar-refractivity contribution in [2.75, 3.05) is 0 Å². The Morgan fingerprint density at radius 1 is 1.36 bits per heavy atom. The van der Waals surface area contributed by atoms with Crippen molar-refractivity contribution in [1.82, 2.24) is 4.90 Å². The van der Waals surface area contributed by atoms with E-state index in [1.54, 1.807) is 12.1 Å². The van der Waals surface area contributed by atoms with Gasteiger partial charge in [0.2, 0.25) is 0 Å². The van der Waals surface area contributed by atoms with Crippen LogP contribution in [0.15, 0.2) is 23.3 Å². The quantitative estimate of drug-likeness (QED) is 0.278. The van der Waals surface area contributed by atoms with Crippen molar-refractivity contribution in [2.45, 2.75) is 25.4 Å². The summed E-state index contributed by atoms with van der Waals surface area (Å²) in [6.07, 6.45) is 2.70. The van der Waals surface area contributed by atoms with Crippen LogP contribution < -0.4 is 0 Å². The van der Waals surface area contributed by atoms with Crippen molar-refractivity contribution in [3.8, 4) is 12.3 Å². The fraction of sp³-hybridized carbons (Fsp3) is 0.250. The Bertz CT molecular complexity index is 892. The van der Waals surface area contributed by atoms with E-state index in [9.17, 15) is 28.0 Å². The molecule has 0 aromatic carbocycles. The third-order valence-corrected chi connectivity index (χ3v) is 5.15. The summed E-state index contributed by atoms with van der Waals surface area (Å²) < 4.78 is 36.5. The molecule has 1 aromatic heterocycles. The van der Waals surface area contributed by atoms with Crippen LogP contribution in [0, 0.1) is 12.3 Å². The van der Waals surface area contributed by atoms with Gasteiger partial charge in [-0.2, -0.15) is 13.7 Å². The Labute approximate surface area is 170 Å². The SMILES string of the molecule is C#CCCC(F)(F)C(=O)OC=C1SC(=O)N(C(=O)OCc2ccc(Cl)s2)C1=O. The number of halogens is 3. The lowest BCUT2D eigenvalue weighted by Gasteiger charge is -2.12. The zero-order valence-electron chi connectivity index (χ0n) is 13.8. The summed E-state index contributed by atoms with van der Waals surface area (Å²) in [5.41, 5.74) is 0. The molecule has 1 saturated heterocycles. The molecule has 0 N–H and O–H groups in total. The van der Waals surface area contributed by atoms with Gasteiger partial charge < -0.3 is 9.47 Å². The number of alkyl halides is 2. The van der Waals surface area contributed by atoms with Gasteiger partial charge >= 0.3 is 23.2 Å². The molecule has 28 heavy (non-hydrogen) atoms. The van der Waals surface area contributed by atoms with Crippen LogP contribution in [0.2, 0.25) is 4.34 Å². The van der Waals surface area contributed by atoms with Crippen LogP contribution in [0.5, 0.6) is 0 Å². The maximum Gasteiger partial charge on any atom is 0.424 e. The second kappa shape index (κ2) is 9.18. The molecule has 0 radical (unpaired) electrons. The Morgan fingerprint density at radius 2 is 2.07 bits per heavy atom. The molecule has 2 heterocycles. The van der Waals surface area contributed by atoms with Crippen molar-refractivity contribution in [3.63, 3.8) is 0 Å². The normalized spacial score (nSPS) is 15.6. The van der Waals surface area contributed by atoms with Gasteiger partial charge in [-0.15, -0.1) is 23.7 Å². The summed E-state index contributed by atoms with van der Waals surface area (Å²) in [6.45, 7) is -0.229. The molecular weight excluding hydrogens is 440 g/mol. The maximum atomic E-state index is 13.5. The lowest BCUT2D eigenvalue weighted by atomic mass is 10.2. The number of amides is 3. The van der Waals surface area contributed by atoms with Gasteiger partial charge in [0.25, 0.3) is 5.91 Å². The predicted octanol–water partition coefficient (Wildman–Crippen LogP) is 4.17. The molecule has 12 heteroatoms. The molecule has 7 nitrogen and oxygen atoms in total. The Balaban J connectivity index is 1.98. The second-order valence-corrected chi connectivity index (χ2v) is 7.86. The minimum atomic E-state index is -3.86. The fourth-order valence-electron chi connectivity index (χ4n) is 1.76. The number of thiophene rings is 1. The first-order chi connectivity index (χ1) is 13.2. The van der Waals surface area contributed by atoms with Crippen molar-refractivity contribution in [1.29, 1.82) is 0 Å². The van der Waals surface area contributed by atoms with E-state index in [0.717, 1.165) is 11.3 Å². The summed E-state index contributed by atoms with van der Waals surface area (Å²) in [5.74, 6) is -5.00. The lowest BCUT2D eigenvalue weighted by Crippen LogP contribution is -2.35. The van der Waals surface area contributed by atoms with Crippen LogP contribution in [0.3, 0.4) is 0 Å². The Morgan fingerprint density at radius 3 is 2.68 bits per heavy atom. The van der Waals surface area contributed by atoms with Crippen LogP contribution >= 0.6 is 34.7 Å². The maximum absolute atomic E-state index is 13.5. The van der Waals surface area contributed by atoms with E-state index < -0.39 is 40.5 Å². The molecule has 148 valence electrons. The van der Waals surface area contributed by atoms with Crippen LogP contribution in [0.25, 0.3) is 0 Å². The van der Waals surface area contributed by atoms with E-state index in [0.29, 0.717) is 15.5 Å². The number of imide groups is 3. The highest BCUT2D eigenvalue weighted by molar-refractivity contribution is 8.18. The number of terminal acetylenes is 1. The second-order valence-electron chi connectivity index (χ2n) is 5.06. The van der Waals surface area contributed by atoms with Crippen LogP contribution in [0.4, 0.5) is 18.4 Å². The summed E-state index contributed by atoms with van der Waals surface area (Å²) in [5, 5.41) is -1.03. The van der Waals surface area contributed by atoms with Gasteiger partial charge in [0.1, 0.15) is 17.8 Å². The lowest BCUT2D eigenvalue weighted by molar-refractivity contribution is -0.166. The first-order valence-corrected chi connectivity index (χ1v) is 9.36. The first kappa shape index (κ1) is 21.9. The average molecular weight is 450 g/mol. The molecule has 0 saturated carbocycles. The summed E-state index contributed by atoms with van der Waals surface area (Å²) in [4.78, 5) is 47.5. The van der Waals surface area contributed by atoms with Crippen molar-refractivity contribution in [3.05, 3.63) is 32.5 Å². The zero-order chi connectivity index (χ0) is 20.9. The van der Waals surface area contributed by atoms with E-state index in [2.05, 4.69) is 4.74 Å². The molecule has 0 bridgehead atoms. The number of carbonyl (C=O) groups excluding carboxylic acids is 4. The largest absolute Gasteiger partial charge is 0.443 e. The molecule has 0 atom stereocenters. The highest BCUT2D eigenvalue weighted by Gasteiger charge is 2.43. The molecule has 1 aromatic rings. The first-order valence-electron chi connectivity index (χ1n) is 7.35. The monoisotopic (exact) mass is 449 g/mol. The molecule has 1 aliphatic rings. The number of hydrogen-bond donors (Lipinski definition) is 0. The molecule has 3 amide bonds. The van der Waals surface area contributed by atoms with E-state index in [1.807, 2.05) is 5.92 Å². The van der Waals surface area contributed by atoms with Crippen molar-refractivity contribution >= 4 is 57.9 Å². The predicted molar refractivity (Wildman–Crippen MR) is 96.5 cm³/mol. The smallest absolute Gasteiger partial charge is 0.424 e. The van der Waals surface area contributed by atoms with Crippen molar-refractivity contribution < 1.29 is 37.4 Å². The number of esters is 1. The summed E-state index contributed by atoms with van der Waals surface area (Å²) >= 11 is 7.10. The number of nitrogens with zero attached hydrogens (tertiary/aromatic N) is 1. The molecule has 0 aliphatic carbocycles. The van der Waals surface area contributed by atoms with Gasteiger partial charge in [-0.3, -0.25) is 9.59 Å². The van der Waals surface area contributed by atoms with Gasteiger partial charge in [-0.1, -0.05) is 11.6 Å². The number of hydrogen-bond acceptors (Lipinski definition) is 8. The van der Waals surface area contributed by atoms with E-state index in [4.69, 9.17) is 22.8 Å². The van der Waals surface area contributed by atoms with E-state index in [-0.39, 0.29) is 29.7 Å². The van der Waals surface area contributed by atoms with Gasteiger partial charge in [0, 0.05) is 17.7 Å². The minimum absolute atomic E-state index is 0.163. The Hall–Kier alpha value is -2.42. The van der Waals surface area contributed by atoms with Gasteiger partial charge in [0.15, 0.2) is 0 Å². The molecule has 1 aliphatic heterocycles. The zero-order valence-corrected chi connectivity index (χ0v) is 16.2. The summed E-state index contributed by atoms with van der Waals surface area (Å²) in [7, 11) is 0. The third-order valence-electron chi connectivity index (χ3n) is 3.10. The van der Waals surface area contributed by atoms with Gasteiger partial charge in [-0.05, 0) is 23.9 Å². The van der Waals surface area contributed by atoms with Gasteiger partial charge in [0.05, 0.1) is 4.34 Å². The fourth-order valence-corrected chi connectivity index (χ4v) is 3.47. The van der Waals surface area contributed by atoms with Crippen LogP contribution in [-0.4, -0.2) is 34.0 Å². The molecule has 2 rings (SSSR count). The molecule has 0 unspecified atom stereocenters. The highest BCUT2D eigenvalue weighted by atomic mass is 35.5. The number of thioether (sulfide) groups is 1.